The molecule has 2 N–H and O–H groups in total. The molecule has 1 aromatic heterocycles. The normalized spacial score (nSPS) is 11.8. The standard InChI is InChI=1S/C16H13N3O2S/c1-10-17-16(19-18-10)22-14(15(20)21)9-12-7-4-6-11-5-2-3-8-13(11)12/h2-9H,1H3,(H,20,21)(H,17,18,19)/b14-9+. The van der Waals surface area contributed by atoms with Crippen molar-refractivity contribution in [2.24, 2.45) is 0 Å². The topological polar surface area (TPSA) is 78.9 Å². The van der Waals surface area contributed by atoms with E-state index in [-0.39, 0.29) is 4.91 Å². The van der Waals surface area contributed by atoms with Crippen molar-refractivity contribution in [3.63, 3.8) is 0 Å². The average Bonchev–Trinajstić information content (AvgIpc) is 2.92. The van der Waals surface area contributed by atoms with Gasteiger partial charge in [-0.15, -0.1) is 5.10 Å². The molecule has 3 aromatic rings. The molecule has 0 atom stereocenters. The lowest BCUT2D eigenvalue weighted by Crippen LogP contribution is -1.97. The molecule has 0 saturated carbocycles. The maximum Gasteiger partial charge on any atom is 0.342 e. The molecular weight excluding hydrogens is 298 g/mol. The molecule has 1 heterocycles. The van der Waals surface area contributed by atoms with Gasteiger partial charge in [0.2, 0.25) is 5.16 Å². The molecule has 0 spiro atoms. The van der Waals surface area contributed by atoms with Crippen LogP contribution in [0.3, 0.4) is 0 Å². The minimum atomic E-state index is -1.000. The number of hydrogen-bond acceptors (Lipinski definition) is 4. The van der Waals surface area contributed by atoms with Gasteiger partial charge in [0.1, 0.15) is 10.7 Å². The summed E-state index contributed by atoms with van der Waals surface area (Å²) in [7, 11) is 0. The molecule has 0 radical (unpaired) electrons. The second-order valence-electron chi connectivity index (χ2n) is 4.69. The van der Waals surface area contributed by atoms with E-state index in [1.54, 1.807) is 13.0 Å². The van der Waals surface area contributed by atoms with Crippen LogP contribution in [-0.2, 0) is 4.79 Å². The fraction of sp³-hybridized carbons (Fsp3) is 0.0625. The SMILES string of the molecule is Cc1nc(S/C(=C/c2cccc3ccccc23)C(=O)O)n[nH]1. The van der Waals surface area contributed by atoms with Crippen LogP contribution in [0, 0.1) is 6.92 Å². The van der Waals surface area contributed by atoms with E-state index < -0.39 is 5.97 Å². The van der Waals surface area contributed by atoms with Gasteiger partial charge in [0.05, 0.1) is 0 Å². The number of aromatic nitrogens is 3. The van der Waals surface area contributed by atoms with Crippen LogP contribution in [0.2, 0.25) is 0 Å². The lowest BCUT2D eigenvalue weighted by molar-refractivity contribution is -0.131. The molecule has 0 bridgehead atoms. The van der Waals surface area contributed by atoms with Gasteiger partial charge in [-0.2, -0.15) is 0 Å². The van der Waals surface area contributed by atoms with E-state index in [0.29, 0.717) is 11.0 Å². The summed E-state index contributed by atoms with van der Waals surface area (Å²) >= 11 is 1.03. The summed E-state index contributed by atoms with van der Waals surface area (Å²) in [4.78, 5) is 15.8. The van der Waals surface area contributed by atoms with Crippen molar-refractivity contribution in [1.29, 1.82) is 0 Å². The molecule has 0 aliphatic rings. The highest BCUT2D eigenvalue weighted by atomic mass is 32.2. The van der Waals surface area contributed by atoms with Gasteiger partial charge in [-0.05, 0) is 41.1 Å². The Hall–Kier alpha value is -2.60. The Balaban J connectivity index is 2.03. The number of aromatic amines is 1. The lowest BCUT2D eigenvalue weighted by atomic mass is 10.0. The van der Waals surface area contributed by atoms with Gasteiger partial charge >= 0.3 is 5.97 Å². The zero-order valence-electron chi connectivity index (χ0n) is 11.8. The van der Waals surface area contributed by atoms with E-state index in [1.165, 1.54) is 0 Å². The van der Waals surface area contributed by atoms with Crippen LogP contribution < -0.4 is 0 Å². The quantitative estimate of drug-likeness (QED) is 0.569. The molecular formula is C16H13N3O2S. The van der Waals surface area contributed by atoms with Crippen molar-refractivity contribution < 1.29 is 9.90 Å². The molecule has 0 saturated heterocycles. The number of carboxylic acids is 1. The monoisotopic (exact) mass is 311 g/mol. The Kier molecular flexibility index (Phi) is 3.93. The highest BCUT2D eigenvalue weighted by Gasteiger charge is 2.13. The van der Waals surface area contributed by atoms with Crippen molar-refractivity contribution >= 4 is 34.6 Å². The molecule has 0 unspecified atom stereocenters. The first-order valence-electron chi connectivity index (χ1n) is 6.63. The van der Waals surface area contributed by atoms with Crippen molar-refractivity contribution in [3.8, 4) is 0 Å². The number of carboxylic acid groups (broad SMARTS) is 1. The van der Waals surface area contributed by atoms with Gasteiger partial charge in [0, 0.05) is 0 Å². The molecule has 5 nitrogen and oxygen atoms in total. The summed E-state index contributed by atoms with van der Waals surface area (Å²) in [6.07, 6.45) is 1.65. The Morgan fingerprint density at radius 1 is 1.23 bits per heavy atom. The van der Waals surface area contributed by atoms with E-state index >= 15 is 0 Å². The van der Waals surface area contributed by atoms with Crippen LogP contribution >= 0.6 is 11.8 Å². The fourth-order valence-electron chi connectivity index (χ4n) is 2.12. The second kappa shape index (κ2) is 6.03. The first kappa shape index (κ1) is 14.3. The minimum Gasteiger partial charge on any atom is -0.477 e. The van der Waals surface area contributed by atoms with E-state index in [9.17, 15) is 9.90 Å². The van der Waals surface area contributed by atoms with Crippen LogP contribution in [-0.4, -0.2) is 26.3 Å². The smallest absolute Gasteiger partial charge is 0.342 e. The molecule has 6 heteroatoms. The predicted molar refractivity (Wildman–Crippen MR) is 86.5 cm³/mol. The largest absolute Gasteiger partial charge is 0.477 e. The van der Waals surface area contributed by atoms with Crippen molar-refractivity contribution in [1.82, 2.24) is 15.2 Å². The van der Waals surface area contributed by atoms with E-state index in [2.05, 4.69) is 15.2 Å². The average molecular weight is 311 g/mol. The third-order valence-electron chi connectivity index (χ3n) is 3.10. The Morgan fingerprint density at radius 3 is 2.73 bits per heavy atom. The number of benzene rings is 2. The summed E-state index contributed by atoms with van der Waals surface area (Å²) in [5.41, 5.74) is 0.857. The zero-order valence-corrected chi connectivity index (χ0v) is 12.6. The summed E-state index contributed by atoms with van der Waals surface area (Å²) in [5.74, 6) is -0.349. The number of nitrogens with one attached hydrogen (secondary N) is 1. The van der Waals surface area contributed by atoms with Crippen LogP contribution in [0.4, 0.5) is 0 Å². The second-order valence-corrected chi connectivity index (χ2v) is 5.70. The first-order chi connectivity index (χ1) is 10.6. The minimum absolute atomic E-state index is 0.176. The molecule has 3 rings (SSSR count). The van der Waals surface area contributed by atoms with Crippen LogP contribution in [0.1, 0.15) is 11.4 Å². The molecule has 0 aliphatic heterocycles. The molecule has 0 amide bonds. The van der Waals surface area contributed by atoms with Crippen molar-refractivity contribution in [2.75, 3.05) is 0 Å². The number of aryl methyl sites for hydroxylation is 1. The number of hydrogen-bond donors (Lipinski definition) is 2. The Morgan fingerprint density at radius 2 is 2.00 bits per heavy atom. The number of carbonyl (C=O) groups is 1. The molecule has 22 heavy (non-hydrogen) atoms. The van der Waals surface area contributed by atoms with Crippen LogP contribution in [0.25, 0.3) is 16.8 Å². The van der Waals surface area contributed by atoms with E-state index in [0.717, 1.165) is 28.1 Å². The zero-order chi connectivity index (χ0) is 15.5. The van der Waals surface area contributed by atoms with Gasteiger partial charge in [0.25, 0.3) is 0 Å². The summed E-state index contributed by atoms with van der Waals surface area (Å²) < 4.78 is 0. The number of rotatable bonds is 4. The maximum absolute atomic E-state index is 11.5. The van der Waals surface area contributed by atoms with Gasteiger partial charge in [-0.1, -0.05) is 42.5 Å². The van der Waals surface area contributed by atoms with Gasteiger partial charge in [-0.25, -0.2) is 9.78 Å². The lowest BCUT2D eigenvalue weighted by Gasteiger charge is -2.04. The van der Waals surface area contributed by atoms with Crippen LogP contribution in [0.5, 0.6) is 0 Å². The highest BCUT2D eigenvalue weighted by molar-refractivity contribution is 8.04. The number of nitrogens with zero attached hydrogens (tertiary/aromatic N) is 2. The third kappa shape index (κ3) is 3.01. The first-order valence-corrected chi connectivity index (χ1v) is 7.45. The van der Waals surface area contributed by atoms with Gasteiger partial charge in [0.15, 0.2) is 0 Å². The van der Waals surface area contributed by atoms with Gasteiger partial charge in [-0.3, -0.25) is 5.10 Å². The number of aliphatic carboxylic acids is 1. The summed E-state index contributed by atoms with van der Waals surface area (Å²) in [5, 5.41) is 18.6. The summed E-state index contributed by atoms with van der Waals surface area (Å²) in [6, 6.07) is 13.7. The molecule has 0 fully saturated rings. The fourth-order valence-corrected chi connectivity index (χ4v) is 2.86. The van der Waals surface area contributed by atoms with Crippen molar-refractivity contribution in [3.05, 3.63) is 58.8 Å². The molecule has 0 aliphatic carbocycles. The number of thioether (sulfide) groups is 1. The summed E-state index contributed by atoms with van der Waals surface area (Å²) in [6.45, 7) is 1.77. The van der Waals surface area contributed by atoms with E-state index in [4.69, 9.17) is 0 Å². The number of fused-ring (bicyclic) bond motifs is 1. The Labute approximate surface area is 131 Å². The Bertz CT molecular complexity index is 865. The molecule has 2 aromatic carbocycles. The molecule has 110 valence electrons. The highest BCUT2D eigenvalue weighted by Crippen LogP contribution is 2.28. The van der Waals surface area contributed by atoms with E-state index in [1.807, 2.05) is 42.5 Å². The van der Waals surface area contributed by atoms with Crippen molar-refractivity contribution in [2.45, 2.75) is 12.1 Å². The predicted octanol–water partition coefficient (Wildman–Crippen LogP) is 3.48. The maximum atomic E-state index is 11.5. The van der Waals surface area contributed by atoms with Crippen LogP contribution in [0.15, 0.2) is 52.5 Å². The van der Waals surface area contributed by atoms with Gasteiger partial charge < -0.3 is 5.11 Å². The third-order valence-corrected chi connectivity index (χ3v) is 3.98. The number of H-pyrrole nitrogens is 1.